The minimum Gasteiger partial charge on any atom is -0.461 e. The quantitative estimate of drug-likeness (QED) is 0.625. The van der Waals surface area contributed by atoms with Crippen molar-refractivity contribution in [1.29, 1.82) is 0 Å². The van der Waals surface area contributed by atoms with E-state index in [2.05, 4.69) is 18.3 Å². The number of anilines is 1. The molecule has 0 bridgehead atoms. The average Bonchev–Trinajstić information content (AvgIpc) is 2.94. The first-order chi connectivity index (χ1) is 11.6. The number of rotatable bonds is 4. The van der Waals surface area contributed by atoms with E-state index in [-0.39, 0.29) is 0 Å². The second-order valence-corrected chi connectivity index (χ2v) is 6.47. The third-order valence-electron chi connectivity index (χ3n) is 3.94. The third kappa shape index (κ3) is 3.55. The number of nitrogens with one attached hydrogen (secondary N) is 1. The Kier molecular flexibility index (Phi) is 5.07. The Morgan fingerprint density at radius 3 is 2.58 bits per heavy atom. The summed E-state index contributed by atoms with van der Waals surface area (Å²) in [5, 5.41) is 5.75. The maximum absolute atomic E-state index is 5.96. The van der Waals surface area contributed by atoms with Crippen molar-refractivity contribution >= 4 is 45.6 Å². The molecule has 124 valence electrons. The molecule has 0 aliphatic rings. The summed E-state index contributed by atoms with van der Waals surface area (Å²) in [5.41, 5.74) is 3.04. The molecule has 0 radical (unpaired) electrons. The lowest BCUT2D eigenvalue weighted by atomic mass is 10.1. The van der Waals surface area contributed by atoms with Crippen molar-refractivity contribution in [2.75, 3.05) is 12.4 Å². The number of hydrogen-bond donors (Lipinski definition) is 1. The lowest BCUT2D eigenvalue weighted by molar-refractivity contribution is 0.488. The van der Waals surface area contributed by atoms with Gasteiger partial charge >= 0.3 is 0 Å². The highest BCUT2D eigenvalue weighted by molar-refractivity contribution is 7.80. The van der Waals surface area contributed by atoms with Gasteiger partial charge in [-0.3, -0.25) is 0 Å². The molecule has 0 aliphatic heterocycles. The molecule has 0 fully saturated rings. The highest BCUT2D eigenvalue weighted by Crippen LogP contribution is 2.27. The van der Waals surface area contributed by atoms with Crippen molar-refractivity contribution in [3.05, 3.63) is 64.9 Å². The monoisotopic (exact) mass is 358 g/mol. The minimum atomic E-state index is 0.657. The largest absolute Gasteiger partial charge is 0.461 e. The zero-order chi connectivity index (χ0) is 17.1. The third-order valence-corrected chi connectivity index (χ3v) is 4.61. The van der Waals surface area contributed by atoms with Gasteiger partial charge in [0.2, 0.25) is 0 Å². The Labute approximate surface area is 152 Å². The fraction of sp³-hybridized carbons (Fsp3) is 0.211. The number of fused-ring (bicyclic) bond motifs is 1. The summed E-state index contributed by atoms with van der Waals surface area (Å²) < 4.78 is 5.96. The van der Waals surface area contributed by atoms with Crippen LogP contribution in [0.1, 0.15) is 18.2 Å². The van der Waals surface area contributed by atoms with Crippen LogP contribution in [0, 0.1) is 0 Å². The lowest BCUT2D eigenvalue weighted by Crippen LogP contribution is -2.30. The van der Waals surface area contributed by atoms with Crippen molar-refractivity contribution < 1.29 is 4.42 Å². The van der Waals surface area contributed by atoms with Crippen molar-refractivity contribution in [3.63, 3.8) is 0 Å². The molecular formula is C19H19ClN2OS. The molecule has 1 heterocycles. The normalized spacial score (nSPS) is 10.8. The van der Waals surface area contributed by atoms with Gasteiger partial charge in [-0.1, -0.05) is 36.7 Å². The van der Waals surface area contributed by atoms with Crippen LogP contribution < -0.4 is 5.32 Å². The van der Waals surface area contributed by atoms with Crippen LogP contribution in [0.2, 0.25) is 5.02 Å². The molecule has 24 heavy (non-hydrogen) atoms. The Hall–Kier alpha value is -2.04. The summed E-state index contributed by atoms with van der Waals surface area (Å²) in [4.78, 5) is 2.01. The molecule has 2 aromatic carbocycles. The first-order valence-electron chi connectivity index (χ1n) is 7.85. The summed E-state index contributed by atoms with van der Waals surface area (Å²) in [6.07, 6.45) is 0.856. The number of thiocarbonyl (C=S) groups is 1. The fourth-order valence-corrected chi connectivity index (χ4v) is 2.98. The lowest BCUT2D eigenvalue weighted by Gasteiger charge is -2.21. The summed E-state index contributed by atoms with van der Waals surface area (Å²) in [5.74, 6) is 1.01. The van der Waals surface area contributed by atoms with Gasteiger partial charge in [0, 0.05) is 41.7 Å². The van der Waals surface area contributed by atoms with E-state index in [1.165, 1.54) is 5.56 Å². The molecule has 3 rings (SSSR count). The molecule has 0 spiro atoms. The fourth-order valence-electron chi connectivity index (χ4n) is 2.67. The zero-order valence-corrected chi connectivity index (χ0v) is 15.2. The first-order valence-corrected chi connectivity index (χ1v) is 8.64. The van der Waals surface area contributed by atoms with Gasteiger partial charge in [0.05, 0.1) is 0 Å². The van der Waals surface area contributed by atoms with Gasteiger partial charge in [-0.15, -0.1) is 0 Å². The van der Waals surface area contributed by atoms with Gasteiger partial charge in [-0.2, -0.15) is 0 Å². The molecule has 0 saturated carbocycles. The van der Waals surface area contributed by atoms with E-state index >= 15 is 0 Å². The molecule has 3 aromatic rings. The number of aryl methyl sites for hydroxylation is 1. The van der Waals surface area contributed by atoms with E-state index in [9.17, 15) is 0 Å². The molecule has 5 heteroatoms. The minimum absolute atomic E-state index is 0.657. The van der Waals surface area contributed by atoms with Crippen LogP contribution in [0.25, 0.3) is 11.0 Å². The number of benzene rings is 2. The second kappa shape index (κ2) is 7.24. The summed E-state index contributed by atoms with van der Waals surface area (Å²) in [6, 6.07) is 15.6. The molecule has 1 N–H and O–H groups in total. The van der Waals surface area contributed by atoms with Crippen LogP contribution in [0.3, 0.4) is 0 Å². The number of furan rings is 1. The SMILES string of the molecule is CCc1oc2ccccc2c1CN(C)C(=S)Nc1ccc(Cl)cc1. The molecule has 1 aromatic heterocycles. The van der Waals surface area contributed by atoms with Gasteiger partial charge in [0.15, 0.2) is 5.11 Å². The first kappa shape index (κ1) is 16.8. The van der Waals surface area contributed by atoms with Crippen molar-refractivity contribution in [1.82, 2.24) is 4.90 Å². The van der Waals surface area contributed by atoms with Crippen molar-refractivity contribution in [2.45, 2.75) is 19.9 Å². The summed E-state index contributed by atoms with van der Waals surface area (Å²) in [6.45, 7) is 2.80. The molecule has 0 amide bonds. The molecular weight excluding hydrogens is 340 g/mol. The Bertz CT molecular complexity index is 857. The molecule has 3 nitrogen and oxygen atoms in total. The van der Waals surface area contributed by atoms with Gasteiger partial charge < -0.3 is 14.6 Å². The number of hydrogen-bond acceptors (Lipinski definition) is 2. The molecule has 0 atom stereocenters. The van der Waals surface area contributed by atoms with E-state index in [0.717, 1.165) is 28.8 Å². The van der Waals surface area contributed by atoms with E-state index in [1.807, 2.05) is 54.4 Å². The Morgan fingerprint density at radius 1 is 1.17 bits per heavy atom. The van der Waals surface area contributed by atoms with E-state index in [4.69, 9.17) is 28.2 Å². The standard InChI is InChI=1S/C19H19ClN2OS/c1-3-17-16(15-6-4-5-7-18(15)23-17)12-22(2)19(24)21-14-10-8-13(20)9-11-14/h4-11H,3,12H2,1-2H3,(H,21,24). The van der Waals surface area contributed by atoms with E-state index < -0.39 is 0 Å². The predicted molar refractivity (Wildman–Crippen MR) is 105 cm³/mol. The summed E-state index contributed by atoms with van der Waals surface area (Å²) in [7, 11) is 1.98. The average molecular weight is 359 g/mol. The van der Waals surface area contributed by atoms with Crippen LogP contribution in [0.5, 0.6) is 0 Å². The molecule has 0 saturated heterocycles. The topological polar surface area (TPSA) is 28.4 Å². The number of nitrogens with zero attached hydrogens (tertiary/aromatic N) is 1. The highest BCUT2D eigenvalue weighted by atomic mass is 35.5. The molecule has 0 aliphatic carbocycles. The number of para-hydroxylation sites is 1. The zero-order valence-electron chi connectivity index (χ0n) is 13.7. The van der Waals surface area contributed by atoms with Gasteiger partial charge in [-0.25, -0.2) is 0 Å². The van der Waals surface area contributed by atoms with Crippen LogP contribution in [0.15, 0.2) is 52.9 Å². The van der Waals surface area contributed by atoms with Crippen LogP contribution >= 0.6 is 23.8 Å². The van der Waals surface area contributed by atoms with Gasteiger partial charge in [0.1, 0.15) is 11.3 Å². The molecule has 0 unspecified atom stereocenters. The second-order valence-electron chi connectivity index (χ2n) is 5.65. The number of halogens is 1. The van der Waals surface area contributed by atoms with Gasteiger partial charge in [0.25, 0.3) is 0 Å². The van der Waals surface area contributed by atoms with Crippen LogP contribution in [-0.4, -0.2) is 17.1 Å². The van der Waals surface area contributed by atoms with Crippen LogP contribution in [-0.2, 0) is 13.0 Å². The Morgan fingerprint density at radius 2 is 1.88 bits per heavy atom. The van der Waals surface area contributed by atoms with E-state index in [0.29, 0.717) is 16.7 Å². The highest BCUT2D eigenvalue weighted by Gasteiger charge is 2.15. The Balaban J connectivity index is 1.77. The van der Waals surface area contributed by atoms with Crippen molar-refractivity contribution in [2.24, 2.45) is 0 Å². The maximum atomic E-state index is 5.96. The van der Waals surface area contributed by atoms with Crippen LogP contribution in [0.4, 0.5) is 5.69 Å². The summed E-state index contributed by atoms with van der Waals surface area (Å²) >= 11 is 11.4. The van der Waals surface area contributed by atoms with E-state index in [1.54, 1.807) is 0 Å². The van der Waals surface area contributed by atoms with Crippen molar-refractivity contribution in [3.8, 4) is 0 Å². The smallest absolute Gasteiger partial charge is 0.173 e. The van der Waals surface area contributed by atoms with Gasteiger partial charge in [-0.05, 0) is 42.5 Å². The predicted octanol–water partition coefficient (Wildman–Crippen LogP) is 5.48. The maximum Gasteiger partial charge on any atom is 0.173 e.